The minimum atomic E-state index is -0.0509. The van der Waals surface area contributed by atoms with Crippen LogP contribution in [0.5, 0.6) is 0 Å². The maximum absolute atomic E-state index is 11.5. The summed E-state index contributed by atoms with van der Waals surface area (Å²) in [5, 5.41) is 7.50. The monoisotopic (exact) mass is 273 g/mol. The van der Waals surface area contributed by atoms with Crippen molar-refractivity contribution in [3.05, 3.63) is 10.5 Å². The molecule has 0 amide bonds. The second kappa shape index (κ2) is 6.54. The fraction of sp³-hybridized carbons (Fsp3) is 0.818. The van der Waals surface area contributed by atoms with Crippen LogP contribution < -0.4 is 5.69 Å². The molecule has 0 aliphatic heterocycles. The van der Waals surface area contributed by atoms with Gasteiger partial charge in [0.1, 0.15) is 0 Å². The van der Waals surface area contributed by atoms with Crippen LogP contribution in [0.25, 0.3) is 0 Å². The smallest absolute Gasteiger partial charge is 0.267 e. The predicted octanol–water partition coefficient (Wildman–Crippen LogP) is 2.49. The van der Waals surface area contributed by atoms with Crippen molar-refractivity contribution in [2.45, 2.75) is 49.7 Å². The van der Waals surface area contributed by atoms with E-state index in [0.717, 1.165) is 29.5 Å². The van der Waals surface area contributed by atoms with Crippen molar-refractivity contribution in [3.63, 3.8) is 0 Å². The van der Waals surface area contributed by atoms with Crippen LogP contribution in [0.4, 0.5) is 0 Å². The van der Waals surface area contributed by atoms with Crippen LogP contribution >= 0.6 is 24.4 Å². The molecule has 96 valence electrons. The van der Waals surface area contributed by atoms with E-state index in [9.17, 15) is 4.79 Å². The molecule has 0 saturated heterocycles. The Hall–Kier alpha value is -0.360. The van der Waals surface area contributed by atoms with E-state index in [0.29, 0.717) is 6.04 Å². The van der Waals surface area contributed by atoms with Gasteiger partial charge in [0.05, 0.1) is 0 Å². The van der Waals surface area contributed by atoms with Gasteiger partial charge in [-0.15, -0.1) is 5.10 Å². The Bertz CT molecular complexity index is 398. The highest BCUT2D eigenvalue weighted by molar-refractivity contribution is 7.99. The molecule has 0 aromatic carbocycles. The summed E-state index contributed by atoms with van der Waals surface area (Å²) < 4.78 is 1.82. The molecule has 0 bridgehead atoms. The molecule has 1 fully saturated rings. The van der Waals surface area contributed by atoms with Gasteiger partial charge < -0.3 is 0 Å². The highest BCUT2D eigenvalue weighted by atomic mass is 32.2. The van der Waals surface area contributed by atoms with Crippen LogP contribution in [0, 0.1) is 0 Å². The Morgan fingerprint density at radius 2 is 2.12 bits per heavy atom. The van der Waals surface area contributed by atoms with Crippen LogP contribution in [-0.4, -0.2) is 26.3 Å². The third kappa shape index (κ3) is 3.81. The third-order valence-corrected chi connectivity index (χ3v) is 4.22. The van der Waals surface area contributed by atoms with Crippen molar-refractivity contribution >= 4 is 24.4 Å². The number of thioether (sulfide) groups is 1. The van der Waals surface area contributed by atoms with E-state index in [2.05, 4.69) is 22.8 Å². The van der Waals surface area contributed by atoms with Crippen molar-refractivity contribution in [1.29, 1.82) is 0 Å². The van der Waals surface area contributed by atoms with Gasteiger partial charge in [-0.3, -0.25) is 4.57 Å². The quantitative estimate of drug-likeness (QED) is 0.435. The van der Waals surface area contributed by atoms with Gasteiger partial charge in [0.15, 0.2) is 5.16 Å². The third-order valence-electron chi connectivity index (χ3n) is 2.87. The first kappa shape index (κ1) is 13.1. The van der Waals surface area contributed by atoms with Crippen molar-refractivity contribution in [3.8, 4) is 0 Å². The lowest BCUT2D eigenvalue weighted by Crippen LogP contribution is -2.16. The number of thiol groups is 1. The molecule has 17 heavy (non-hydrogen) atoms. The number of nitrogens with one attached hydrogen (secondary N) is 1. The zero-order valence-electron chi connectivity index (χ0n) is 9.89. The van der Waals surface area contributed by atoms with Gasteiger partial charge in [0.25, 0.3) is 0 Å². The van der Waals surface area contributed by atoms with Gasteiger partial charge in [-0.25, -0.2) is 9.89 Å². The fourth-order valence-electron chi connectivity index (χ4n) is 1.78. The lowest BCUT2D eigenvalue weighted by Gasteiger charge is -2.03. The van der Waals surface area contributed by atoms with Crippen molar-refractivity contribution in [2.75, 3.05) is 11.5 Å². The molecule has 1 aliphatic rings. The summed E-state index contributed by atoms with van der Waals surface area (Å²) in [6.07, 6.45) is 7.11. The van der Waals surface area contributed by atoms with Crippen LogP contribution in [0.15, 0.2) is 9.95 Å². The van der Waals surface area contributed by atoms with E-state index in [1.165, 1.54) is 25.7 Å². The molecule has 4 nitrogen and oxygen atoms in total. The van der Waals surface area contributed by atoms with Gasteiger partial charge in [-0.1, -0.05) is 24.6 Å². The molecule has 0 atom stereocenters. The molecule has 1 aromatic heterocycles. The summed E-state index contributed by atoms with van der Waals surface area (Å²) in [7, 11) is 0. The Kier molecular flexibility index (Phi) is 5.03. The lowest BCUT2D eigenvalue weighted by molar-refractivity contribution is 0.641. The van der Waals surface area contributed by atoms with E-state index < -0.39 is 0 Å². The molecule has 1 saturated carbocycles. The first-order valence-electron chi connectivity index (χ1n) is 6.23. The first-order chi connectivity index (χ1) is 8.33. The van der Waals surface area contributed by atoms with E-state index in [1.54, 1.807) is 11.8 Å². The van der Waals surface area contributed by atoms with Gasteiger partial charge in [0.2, 0.25) is 0 Å². The minimum Gasteiger partial charge on any atom is -0.267 e. The Balaban J connectivity index is 1.73. The molecule has 0 spiro atoms. The Morgan fingerprint density at radius 1 is 1.35 bits per heavy atom. The molecule has 0 unspecified atom stereocenters. The summed E-state index contributed by atoms with van der Waals surface area (Å²) in [5.41, 5.74) is -0.0509. The summed E-state index contributed by atoms with van der Waals surface area (Å²) in [5.74, 6) is 2.03. The van der Waals surface area contributed by atoms with Gasteiger partial charge >= 0.3 is 5.69 Å². The topological polar surface area (TPSA) is 50.7 Å². The number of hydrogen-bond acceptors (Lipinski definition) is 4. The number of aromatic amines is 1. The molecule has 6 heteroatoms. The number of rotatable bonds is 8. The van der Waals surface area contributed by atoms with E-state index in [-0.39, 0.29) is 5.69 Å². The summed E-state index contributed by atoms with van der Waals surface area (Å²) >= 11 is 5.89. The molecule has 1 aromatic rings. The SMILES string of the molecule is O=c1[nH]nc(SCCCCCCS)n1C1CC1. The largest absolute Gasteiger partial charge is 0.344 e. The predicted molar refractivity (Wildman–Crippen MR) is 74.2 cm³/mol. The van der Waals surface area contributed by atoms with Gasteiger partial charge in [0, 0.05) is 11.8 Å². The number of nitrogens with zero attached hydrogens (tertiary/aromatic N) is 2. The lowest BCUT2D eigenvalue weighted by atomic mass is 10.2. The maximum Gasteiger partial charge on any atom is 0.344 e. The second-order valence-electron chi connectivity index (χ2n) is 4.40. The average Bonchev–Trinajstić information content (AvgIpc) is 3.09. The van der Waals surface area contributed by atoms with Gasteiger partial charge in [-0.05, 0) is 31.4 Å². The zero-order chi connectivity index (χ0) is 12.1. The van der Waals surface area contributed by atoms with Crippen LogP contribution in [0.3, 0.4) is 0 Å². The minimum absolute atomic E-state index is 0.0509. The number of H-pyrrole nitrogens is 1. The normalized spacial score (nSPS) is 15.4. The van der Waals surface area contributed by atoms with Gasteiger partial charge in [-0.2, -0.15) is 12.6 Å². The van der Waals surface area contributed by atoms with Crippen molar-refractivity contribution in [1.82, 2.24) is 14.8 Å². The highest BCUT2D eigenvalue weighted by Crippen LogP contribution is 2.36. The van der Waals surface area contributed by atoms with Crippen LogP contribution in [-0.2, 0) is 0 Å². The number of hydrogen-bond donors (Lipinski definition) is 2. The molecule has 2 rings (SSSR count). The van der Waals surface area contributed by atoms with Crippen molar-refractivity contribution in [2.24, 2.45) is 0 Å². The van der Waals surface area contributed by atoms with E-state index in [4.69, 9.17) is 0 Å². The number of unbranched alkanes of at least 4 members (excludes halogenated alkanes) is 3. The first-order valence-corrected chi connectivity index (χ1v) is 7.85. The summed E-state index contributed by atoms with van der Waals surface area (Å²) in [4.78, 5) is 11.5. The molecule has 1 N–H and O–H groups in total. The molecular weight excluding hydrogens is 254 g/mol. The molecule has 1 heterocycles. The summed E-state index contributed by atoms with van der Waals surface area (Å²) in [6.45, 7) is 0. The fourth-order valence-corrected chi connectivity index (χ4v) is 3.01. The maximum atomic E-state index is 11.5. The van der Waals surface area contributed by atoms with E-state index >= 15 is 0 Å². The summed E-state index contributed by atoms with van der Waals surface area (Å²) in [6, 6.07) is 0.410. The van der Waals surface area contributed by atoms with E-state index in [1.807, 2.05) is 4.57 Å². The second-order valence-corrected chi connectivity index (χ2v) is 5.91. The average molecular weight is 273 g/mol. The molecule has 1 aliphatic carbocycles. The Morgan fingerprint density at radius 3 is 2.82 bits per heavy atom. The molecular formula is C11H19N3OS2. The van der Waals surface area contributed by atoms with Crippen molar-refractivity contribution < 1.29 is 0 Å². The van der Waals surface area contributed by atoms with Crippen LogP contribution in [0.2, 0.25) is 0 Å². The standard InChI is InChI=1S/C11H19N3OS2/c15-10-12-13-11(14(10)9-5-6-9)17-8-4-2-1-3-7-16/h9,16H,1-8H2,(H,12,15). The number of aromatic nitrogens is 3. The molecule has 0 radical (unpaired) electrons. The zero-order valence-corrected chi connectivity index (χ0v) is 11.6. The Labute approximate surface area is 111 Å². The highest BCUT2D eigenvalue weighted by Gasteiger charge is 2.28. The van der Waals surface area contributed by atoms with Crippen LogP contribution in [0.1, 0.15) is 44.6 Å².